The Morgan fingerprint density at radius 2 is 1.86 bits per heavy atom. The van der Waals surface area contributed by atoms with E-state index in [9.17, 15) is 9.59 Å². The number of hydroxylamine groups is 1. The van der Waals surface area contributed by atoms with Gasteiger partial charge in [0, 0.05) is 12.6 Å². The van der Waals surface area contributed by atoms with Gasteiger partial charge in [-0.1, -0.05) is 18.2 Å². The third kappa shape index (κ3) is 2.78. The molecule has 0 aliphatic rings. The van der Waals surface area contributed by atoms with Gasteiger partial charge in [0.2, 0.25) is 0 Å². The second-order valence-electron chi connectivity index (χ2n) is 2.44. The van der Waals surface area contributed by atoms with Crippen LogP contribution in [0.5, 0.6) is 0 Å². The first-order chi connectivity index (χ1) is 6.74. The Labute approximate surface area is 81.0 Å². The van der Waals surface area contributed by atoms with E-state index in [4.69, 9.17) is 0 Å². The van der Waals surface area contributed by atoms with Crippen molar-refractivity contribution in [1.82, 2.24) is 10.8 Å². The molecular weight excluding hydrogens is 184 g/mol. The molecule has 0 heterocycles. The van der Waals surface area contributed by atoms with Gasteiger partial charge in [-0.3, -0.25) is 4.79 Å². The van der Waals surface area contributed by atoms with Gasteiger partial charge in [-0.15, -0.1) is 0 Å². The lowest BCUT2D eigenvalue weighted by Crippen LogP contribution is -2.31. The Hall–Kier alpha value is -2.04. The lowest BCUT2D eigenvalue weighted by Gasteiger charge is -2.03. The molecule has 0 radical (unpaired) electrons. The average Bonchev–Trinajstić information content (AvgIpc) is 2.26. The Morgan fingerprint density at radius 1 is 1.21 bits per heavy atom. The molecule has 0 saturated heterocycles. The highest BCUT2D eigenvalue weighted by atomic mass is 16.7. The van der Waals surface area contributed by atoms with Gasteiger partial charge in [0.1, 0.15) is 0 Å². The Bertz CT molecular complexity index is 324. The fourth-order valence-corrected chi connectivity index (χ4v) is 0.792. The molecule has 0 bridgehead atoms. The maximum absolute atomic E-state index is 11.2. The van der Waals surface area contributed by atoms with Gasteiger partial charge in [0.15, 0.2) is 0 Å². The molecule has 74 valence electrons. The quantitative estimate of drug-likeness (QED) is 0.646. The van der Waals surface area contributed by atoms with Crippen molar-refractivity contribution < 1.29 is 14.4 Å². The van der Waals surface area contributed by atoms with E-state index in [-0.39, 0.29) is 0 Å². The van der Waals surface area contributed by atoms with Crippen LogP contribution < -0.4 is 10.8 Å². The first-order valence-electron chi connectivity index (χ1n) is 3.98. The molecule has 0 atom stereocenters. The number of hydrogen-bond acceptors (Lipinski definition) is 3. The molecule has 0 aliphatic carbocycles. The normalized spacial score (nSPS) is 8.93. The first kappa shape index (κ1) is 10.0. The number of carbonyl (C=O) groups excluding carboxylic acids is 2. The molecule has 1 aromatic carbocycles. The van der Waals surface area contributed by atoms with E-state index in [2.05, 4.69) is 10.2 Å². The molecule has 5 nitrogen and oxygen atoms in total. The van der Waals surface area contributed by atoms with E-state index in [0.29, 0.717) is 5.56 Å². The van der Waals surface area contributed by atoms with E-state index < -0.39 is 12.0 Å². The minimum absolute atomic E-state index is 0.427. The summed E-state index contributed by atoms with van der Waals surface area (Å²) in [5.74, 6) is -0.464. The zero-order valence-corrected chi connectivity index (χ0v) is 7.61. The van der Waals surface area contributed by atoms with Gasteiger partial charge >= 0.3 is 6.09 Å². The standard InChI is InChI=1S/C9H10N2O3/c1-10-9(13)14-11-8(12)7-5-3-2-4-6-7/h2-6H,1H3,(H,10,13)(H,11,12). The molecule has 1 rings (SSSR count). The minimum Gasteiger partial charge on any atom is -0.323 e. The highest BCUT2D eigenvalue weighted by molar-refractivity contribution is 5.93. The van der Waals surface area contributed by atoms with Crippen LogP contribution in [0, 0.1) is 0 Å². The van der Waals surface area contributed by atoms with Crippen LogP contribution in [0.15, 0.2) is 30.3 Å². The summed E-state index contributed by atoms with van der Waals surface area (Å²) in [6.45, 7) is 0. The maximum atomic E-state index is 11.2. The largest absolute Gasteiger partial charge is 0.431 e. The van der Waals surface area contributed by atoms with Crippen LogP contribution in [0.3, 0.4) is 0 Å². The molecule has 2 N–H and O–H groups in total. The van der Waals surface area contributed by atoms with Crippen molar-refractivity contribution >= 4 is 12.0 Å². The fourth-order valence-electron chi connectivity index (χ4n) is 0.792. The minimum atomic E-state index is -0.714. The van der Waals surface area contributed by atoms with Crippen molar-refractivity contribution in [2.45, 2.75) is 0 Å². The van der Waals surface area contributed by atoms with Crippen molar-refractivity contribution in [3.05, 3.63) is 35.9 Å². The number of benzene rings is 1. The topological polar surface area (TPSA) is 67.4 Å². The molecule has 0 fully saturated rings. The van der Waals surface area contributed by atoms with Crippen LogP contribution in [0.4, 0.5) is 4.79 Å². The molecular formula is C9H10N2O3. The number of hydrogen-bond donors (Lipinski definition) is 2. The lowest BCUT2D eigenvalue weighted by molar-refractivity contribution is 0.0578. The highest BCUT2D eigenvalue weighted by Crippen LogP contribution is 1.97. The van der Waals surface area contributed by atoms with E-state index in [0.717, 1.165) is 0 Å². The van der Waals surface area contributed by atoms with Crippen molar-refractivity contribution in [3.63, 3.8) is 0 Å². The average molecular weight is 194 g/mol. The van der Waals surface area contributed by atoms with Crippen molar-refractivity contribution in [1.29, 1.82) is 0 Å². The van der Waals surface area contributed by atoms with Crippen molar-refractivity contribution in [2.75, 3.05) is 7.05 Å². The van der Waals surface area contributed by atoms with Crippen LogP contribution in [0.25, 0.3) is 0 Å². The van der Waals surface area contributed by atoms with Crippen LogP contribution >= 0.6 is 0 Å². The number of nitrogens with one attached hydrogen (secondary N) is 2. The molecule has 2 amide bonds. The van der Waals surface area contributed by atoms with Crippen LogP contribution in [0.1, 0.15) is 10.4 Å². The van der Waals surface area contributed by atoms with Crippen LogP contribution in [-0.4, -0.2) is 19.0 Å². The third-order valence-electron chi connectivity index (χ3n) is 1.48. The molecule has 0 unspecified atom stereocenters. The predicted molar refractivity (Wildman–Crippen MR) is 49.4 cm³/mol. The van der Waals surface area contributed by atoms with Gasteiger partial charge < -0.3 is 10.2 Å². The van der Waals surface area contributed by atoms with Gasteiger partial charge in [-0.2, -0.15) is 5.48 Å². The van der Waals surface area contributed by atoms with Crippen LogP contribution in [-0.2, 0) is 4.84 Å². The summed E-state index contributed by atoms with van der Waals surface area (Å²) in [4.78, 5) is 26.2. The van der Waals surface area contributed by atoms with Gasteiger partial charge in [-0.25, -0.2) is 4.79 Å². The summed E-state index contributed by atoms with van der Waals surface area (Å²) in [5.41, 5.74) is 2.43. The smallest absolute Gasteiger partial charge is 0.323 e. The van der Waals surface area contributed by atoms with Crippen LogP contribution in [0.2, 0.25) is 0 Å². The summed E-state index contributed by atoms with van der Waals surface area (Å²) >= 11 is 0. The summed E-state index contributed by atoms with van der Waals surface area (Å²) < 4.78 is 0. The molecule has 0 aliphatic heterocycles. The first-order valence-corrected chi connectivity index (χ1v) is 3.98. The van der Waals surface area contributed by atoms with Gasteiger partial charge in [-0.05, 0) is 12.1 Å². The Balaban J connectivity index is 2.48. The van der Waals surface area contributed by atoms with E-state index >= 15 is 0 Å². The molecule has 0 spiro atoms. The molecule has 1 aromatic rings. The fraction of sp³-hybridized carbons (Fsp3) is 0.111. The zero-order chi connectivity index (χ0) is 10.4. The molecule has 14 heavy (non-hydrogen) atoms. The summed E-state index contributed by atoms with van der Waals surface area (Å²) in [5, 5.41) is 2.20. The number of carbonyl (C=O) groups is 2. The lowest BCUT2D eigenvalue weighted by atomic mass is 10.2. The monoisotopic (exact) mass is 194 g/mol. The third-order valence-corrected chi connectivity index (χ3v) is 1.48. The number of amides is 2. The molecule has 0 saturated carbocycles. The van der Waals surface area contributed by atoms with Crippen molar-refractivity contribution in [2.24, 2.45) is 0 Å². The second kappa shape index (κ2) is 4.86. The maximum Gasteiger partial charge on any atom is 0.431 e. The summed E-state index contributed by atoms with van der Waals surface area (Å²) in [7, 11) is 1.40. The predicted octanol–water partition coefficient (Wildman–Crippen LogP) is 0.687. The SMILES string of the molecule is CNC(=O)ONC(=O)c1ccccc1. The van der Waals surface area contributed by atoms with E-state index in [1.54, 1.807) is 30.3 Å². The van der Waals surface area contributed by atoms with Gasteiger partial charge in [0.25, 0.3) is 5.91 Å². The summed E-state index contributed by atoms with van der Waals surface area (Å²) in [6, 6.07) is 8.45. The zero-order valence-electron chi connectivity index (χ0n) is 7.61. The van der Waals surface area contributed by atoms with Gasteiger partial charge in [0.05, 0.1) is 0 Å². The molecule has 0 aromatic heterocycles. The van der Waals surface area contributed by atoms with Crippen molar-refractivity contribution in [3.8, 4) is 0 Å². The highest BCUT2D eigenvalue weighted by Gasteiger charge is 2.06. The second-order valence-corrected chi connectivity index (χ2v) is 2.44. The van der Waals surface area contributed by atoms with E-state index in [1.807, 2.05) is 5.48 Å². The number of rotatable bonds is 1. The van der Waals surface area contributed by atoms with E-state index in [1.165, 1.54) is 7.05 Å². The Morgan fingerprint density at radius 3 is 2.43 bits per heavy atom. The Kier molecular flexibility index (Phi) is 3.49. The molecule has 5 heteroatoms. The summed E-state index contributed by atoms with van der Waals surface area (Å²) in [6.07, 6.45) is -0.714.